The van der Waals surface area contributed by atoms with E-state index in [0.717, 1.165) is 5.56 Å². The topological polar surface area (TPSA) is 84.4 Å². The molecule has 29 heavy (non-hydrogen) atoms. The zero-order chi connectivity index (χ0) is 21.2. The number of benzene rings is 1. The molecule has 2 amide bonds. The summed E-state index contributed by atoms with van der Waals surface area (Å²) in [5.74, 6) is -0.329. The van der Waals surface area contributed by atoms with Crippen molar-refractivity contribution in [2.24, 2.45) is 0 Å². The molecule has 9 heteroatoms. The van der Waals surface area contributed by atoms with Gasteiger partial charge in [0.05, 0.1) is 15.7 Å². The van der Waals surface area contributed by atoms with Gasteiger partial charge in [0.2, 0.25) is 0 Å². The molecule has 0 bridgehead atoms. The minimum Gasteiger partial charge on any atom is -0.444 e. The zero-order valence-electron chi connectivity index (χ0n) is 16.4. The normalized spacial score (nSPS) is 16.6. The number of carbonyl (C=O) groups excluding carboxylic acids is 2. The minimum atomic E-state index is -0.555. The van der Waals surface area contributed by atoms with Crippen molar-refractivity contribution in [1.29, 1.82) is 0 Å². The lowest BCUT2D eigenvalue weighted by molar-refractivity contribution is 0.0290. The van der Waals surface area contributed by atoms with Crippen molar-refractivity contribution in [3.05, 3.63) is 46.3 Å². The summed E-state index contributed by atoms with van der Waals surface area (Å²) in [6.07, 6.45) is 1.60. The SMILES string of the molecule is CC(C)(C)OC(=O)N1CCC(NC(=O)c2cc(-c3ccc(Cl)c(Cl)c3)ncn2)C1. The second-order valence-electron chi connectivity index (χ2n) is 7.80. The fraction of sp³-hybridized carbons (Fsp3) is 0.400. The van der Waals surface area contributed by atoms with E-state index < -0.39 is 5.60 Å². The maximum Gasteiger partial charge on any atom is 0.410 e. The van der Waals surface area contributed by atoms with Crippen molar-refractivity contribution in [2.75, 3.05) is 13.1 Å². The first-order valence-electron chi connectivity index (χ1n) is 9.18. The molecule has 1 N–H and O–H groups in total. The molecule has 7 nitrogen and oxygen atoms in total. The molecular formula is C20H22Cl2N4O3. The van der Waals surface area contributed by atoms with Crippen LogP contribution in [0.25, 0.3) is 11.3 Å². The van der Waals surface area contributed by atoms with Gasteiger partial charge in [-0.15, -0.1) is 0 Å². The summed E-state index contributed by atoms with van der Waals surface area (Å²) in [6.45, 7) is 6.38. The van der Waals surface area contributed by atoms with Crippen LogP contribution in [0.2, 0.25) is 10.0 Å². The summed E-state index contributed by atoms with van der Waals surface area (Å²) in [4.78, 5) is 34.7. The lowest BCUT2D eigenvalue weighted by Gasteiger charge is -2.24. The van der Waals surface area contributed by atoms with Crippen molar-refractivity contribution in [3.8, 4) is 11.3 Å². The quantitative estimate of drug-likeness (QED) is 0.779. The van der Waals surface area contributed by atoms with E-state index in [2.05, 4.69) is 15.3 Å². The van der Waals surface area contributed by atoms with Gasteiger partial charge < -0.3 is 15.0 Å². The molecule has 1 atom stereocenters. The molecule has 2 aromatic rings. The maximum atomic E-state index is 12.6. The summed E-state index contributed by atoms with van der Waals surface area (Å²) in [5, 5.41) is 3.76. The van der Waals surface area contributed by atoms with Crippen LogP contribution in [-0.2, 0) is 4.74 Å². The summed E-state index contributed by atoms with van der Waals surface area (Å²) >= 11 is 12.0. The second kappa shape index (κ2) is 8.55. The highest BCUT2D eigenvalue weighted by atomic mass is 35.5. The fourth-order valence-corrected chi connectivity index (χ4v) is 3.22. The van der Waals surface area contributed by atoms with Gasteiger partial charge in [0.25, 0.3) is 5.91 Å². The van der Waals surface area contributed by atoms with E-state index in [1.165, 1.54) is 6.33 Å². The Kier molecular flexibility index (Phi) is 6.29. The van der Waals surface area contributed by atoms with Gasteiger partial charge in [0.1, 0.15) is 17.6 Å². The Morgan fingerprint density at radius 2 is 1.93 bits per heavy atom. The number of carbonyl (C=O) groups is 2. The number of amides is 2. The van der Waals surface area contributed by atoms with E-state index >= 15 is 0 Å². The van der Waals surface area contributed by atoms with Gasteiger partial charge in [-0.2, -0.15) is 0 Å². The molecule has 0 radical (unpaired) electrons. The van der Waals surface area contributed by atoms with Crippen LogP contribution in [-0.4, -0.2) is 51.6 Å². The Balaban J connectivity index is 1.64. The van der Waals surface area contributed by atoms with Crippen molar-refractivity contribution < 1.29 is 14.3 Å². The van der Waals surface area contributed by atoms with Crippen LogP contribution < -0.4 is 5.32 Å². The van der Waals surface area contributed by atoms with Gasteiger partial charge in [-0.05, 0) is 45.4 Å². The molecule has 154 valence electrons. The van der Waals surface area contributed by atoms with Gasteiger partial charge in [-0.25, -0.2) is 14.8 Å². The lowest BCUT2D eigenvalue weighted by atomic mass is 10.1. The summed E-state index contributed by atoms with van der Waals surface area (Å²) < 4.78 is 5.38. The lowest BCUT2D eigenvalue weighted by Crippen LogP contribution is -2.40. The molecule has 1 aromatic carbocycles. The average Bonchev–Trinajstić information content (AvgIpc) is 3.11. The molecule has 2 heterocycles. The Bertz CT molecular complexity index is 930. The van der Waals surface area contributed by atoms with Crippen LogP contribution in [0.4, 0.5) is 4.79 Å². The highest BCUT2D eigenvalue weighted by molar-refractivity contribution is 6.42. The molecule has 1 fully saturated rings. The molecule has 1 aliphatic rings. The van der Waals surface area contributed by atoms with Crippen LogP contribution in [0.15, 0.2) is 30.6 Å². The third kappa shape index (κ3) is 5.58. The number of rotatable bonds is 3. The zero-order valence-corrected chi connectivity index (χ0v) is 17.9. The fourth-order valence-electron chi connectivity index (χ4n) is 2.92. The number of nitrogens with zero attached hydrogens (tertiary/aromatic N) is 3. The van der Waals surface area contributed by atoms with Crippen molar-refractivity contribution >= 4 is 35.2 Å². The van der Waals surface area contributed by atoms with Crippen LogP contribution >= 0.6 is 23.2 Å². The van der Waals surface area contributed by atoms with Crippen molar-refractivity contribution in [1.82, 2.24) is 20.2 Å². The highest BCUT2D eigenvalue weighted by Gasteiger charge is 2.30. The third-order valence-electron chi connectivity index (χ3n) is 4.29. The first kappa shape index (κ1) is 21.3. The first-order chi connectivity index (χ1) is 13.6. The highest BCUT2D eigenvalue weighted by Crippen LogP contribution is 2.27. The molecule has 0 spiro atoms. The van der Waals surface area contributed by atoms with Gasteiger partial charge in [-0.1, -0.05) is 29.3 Å². The average molecular weight is 437 g/mol. The molecule has 1 aliphatic heterocycles. The second-order valence-corrected chi connectivity index (χ2v) is 8.62. The van der Waals surface area contributed by atoms with Crippen LogP contribution in [0, 0.1) is 0 Å². The van der Waals surface area contributed by atoms with Crippen LogP contribution in [0.5, 0.6) is 0 Å². The minimum absolute atomic E-state index is 0.168. The third-order valence-corrected chi connectivity index (χ3v) is 5.03. The monoisotopic (exact) mass is 436 g/mol. The number of aromatic nitrogens is 2. The van der Waals surface area contributed by atoms with Crippen molar-refractivity contribution in [3.63, 3.8) is 0 Å². The molecule has 1 unspecified atom stereocenters. The van der Waals surface area contributed by atoms with E-state index in [-0.39, 0.29) is 23.7 Å². The van der Waals surface area contributed by atoms with E-state index in [9.17, 15) is 9.59 Å². The summed E-state index contributed by atoms with van der Waals surface area (Å²) in [5.41, 5.74) is 0.968. The number of halogens is 2. The van der Waals surface area contributed by atoms with Crippen LogP contribution in [0.1, 0.15) is 37.7 Å². The number of hydrogen-bond donors (Lipinski definition) is 1. The predicted molar refractivity (Wildman–Crippen MR) is 111 cm³/mol. The van der Waals surface area contributed by atoms with E-state index in [1.54, 1.807) is 29.2 Å². The Labute approximate surface area is 179 Å². The Hall–Kier alpha value is -2.38. The van der Waals surface area contributed by atoms with Gasteiger partial charge in [0.15, 0.2) is 0 Å². The van der Waals surface area contributed by atoms with Gasteiger partial charge in [-0.3, -0.25) is 4.79 Å². The number of nitrogens with one attached hydrogen (secondary N) is 1. The first-order valence-corrected chi connectivity index (χ1v) is 9.94. The standard InChI is InChI=1S/C20H22Cl2N4O3/c1-20(2,3)29-19(28)26-7-6-13(10-26)25-18(27)17-9-16(23-11-24-17)12-4-5-14(21)15(22)8-12/h4-5,8-9,11,13H,6-7,10H2,1-3H3,(H,25,27). The van der Waals surface area contributed by atoms with E-state index in [0.29, 0.717) is 35.2 Å². The number of likely N-dealkylation sites (tertiary alicyclic amines) is 1. The Morgan fingerprint density at radius 1 is 1.17 bits per heavy atom. The van der Waals surface area contributed by atoms with Gasteiger partial charge in [0, 0.05) is 24.7 Å². The maximum absolute atomic E-state index is 12.6. The molecule has 1 aromatic heterocycles. The largest absolute Gasteiger partial charge is 0.444 e. The van der Waals surface area contributed by atoms with E-state index in [4.69, 9.17) is 27.9 Å². The molecule has 0 saturated carbocycles. The number of ether oxygens (including phenoxy) is 1. The molecular weight excluding hydrogens is 415 g/mol. The van der Waals surface area contributed by atoms with Crippen molar-refractivity contribution in [2.45, 2.75) is 38.8 Å². The smallest absolute Gasteiger partial charge is 0.410 e. The molecule has 1 saturated heterocycles. The Morgan fingerprint density at radius 3 is 2.62 bits per heavy atom. The molecule has 0 aliphatic carbocycles. The van der Waals surface area contributed by atoms with E-state index in [1.807, 2.05) is 20.8 Å². The van der Waals surface area contributed by atoms with Gasteiger partial charge >= 0.3 is 6.09 Å². The summed E-state index contributed by atoms with van der Waals surface area (Å²) in [7, 11) is 0. The predicted octanol–water partition coefficient (Wildman–Crippen LogP) is 4.19. The molecule has 3 rings (SSSR count). The number of hydrogen-bond acceptors (Lipinski definition) is 5. The summed E-state index contributed by atoms with van der Waals surface area (Å²) in [6, 6.07) is 6.55. The van der Waals surface area contributed by atoms with Crippen LogP contribution in [0.3, 0.4) is 0 Å².